The molecule has 0 aliphatic heterocycles. The van der Waals surface area contributed by atoms with E-state index >= 15 is 0 Å². The molecular formula is C97H78N4OSi2. The zero-order chi connectivity index (χ0) is 112. The largest absolute Gasteiger partial charge is 0.458 e. The minimum Gasteiger partial charge on any atom is -0.458 e. The van der Waals surface area contributed by atoms with E-state index < -0.39 is 369 Å². The highest BCUT2D eigenvalue weighted by Gasteiger charge is 2.46. The van der Waals surface area contributed by atoms with Crippen LogP contribution in [0, 0.1) is 26.9 Å². The summed E-state index contributed by atoms with van der Waals surface area (Å²) in [6.07, 6.45) is 4.33. The molecule has 0 fully saturated rings. The highest BCUT2D eigenvalue weighted by molar-refractivity contribution is 7.21. The van der Waals surface area contributed by atoms with Gasteiger partial charge >= 0.3 is 0 Å². The van der Waals surface area contributed by atoms with Gasteiger partial charge in [-0.05, 0) is 166 Å². The molecular weight excluding hydrogens is 1290 g/mol. The molecule has 0 saturated heterocycles. The molecule has 3 aromatic heterocycles. The summed E-state index contributed by atoms with van der Waals surface area (Å²) >= 11 is 0. The molecule has 17 aromatic rings. The van der Waals surface area contributed by atoms with Crippen LogP contribution < -0.4 is 50.8 Å². The van der Waals surface area contributed by atoms with Crippen LogP contribution in [0.2, 0.25) is 0 Å². The number of ether oxygens (including phenoxy) is 1. The SMILES string of the molecule is [2H]c1c([2H])c([2H])c(-c2cnc(-n3c4ccccc4c4ccc(Oc5cccc(-n6[c-][n+](-c7c(-c8c([2H])c([2H])c([2H])c([Si](c9c([2H])c([2H])c([2H])c([2H])c9[2H])(c9c([2H])c([2H])c([2H])c([2H])c9[2H])c9c([2H])c([2H])c([2H])c([2H])c9[2H])c8[2H])cc(C(C)(C)C)cc7[Si](c7c([2H])c([2H])c([2H])c([2H])c7[2H])(c7c([2H])c([2H])c([2H])c([2H])c7[2H])c7c([2H])c([2H])c([2H])c([2H])c7[2H])c7ccc(-c8c(C([2H])([2H])[2H])cccc8C([2H])([2H])[2H])cc76)c5)cc43)cc2C([2H])([2H])[2H])c([2H])c1[2H]. The summed E-state index contributed by atoms with van der Waals surface area (Å²) in [5.41, 5.74) is -8.58. The monoisotopic (exact) mass is 1420 g/mol. The van der Waals surface area contributed by atoms with Crippen molar-refractivity contribution in [1.82, 2.24) is 14.1 Å². The second kappa shape index (κ2) is 26.9. The van der Waals surface area contributed by atoms with Crippen molar-refractivity contribution in [3.05, 3.63) is 392 Å². The number of pyridine rings is 1. The van der Waals surface area contributed by atoms with Crippen molar-refractivity contribution < 1.29 is 75.1 Å². The maximum absolute atomic E-state index is 11.7. The molecule has 500 valence electrons. The fraction of sp³-hybridized carbons (Fsp3) is 0.0722. The topological polar surface area (TPSA) is 35.9 Å². The molecule has 14 aromatic carbocycles. The number of aryl methyl sites for hydroxylation is 3. The number of para-hydroxylation sites is 1. The Bertz CT molecular complexity index is 8340. The summed E-state index contributed by atoms with van der Waals surface area (Å²) in [6, 6.07) is -22.7. The minimum absolute atomic E-state index is 0.0221. The molecule has 0 spiro atoms. The zero-order valence-electron chi connectivity index (χ0n) is 103. The van der Waals surface area contributed by atoms with Gasteiger partial charge < -0.3 is 4.74 Å². The zero-order valence-corrected chi connectivity index (χ0v) is 56.8. The first kappa shape index (κ1) is 31.1. The Labute approximate surface area is 679 Å². The van der Waals surface area contributed by atoms with Crippen LogP contribution in [0.4, 0.5) is 0 Å². The Hall–Kier alpha value is -12.3. The van der Waals surface area contributed by atoms with Crippen molar-refractivity contribution in [2.24, 2.45) is 0 Å². The van der Waals surface area contributed by atoms with E-state index in [2.05, 4.69) is 6.33 Å². The smallest absolute Gasteiger partial charge is 0.269 e. The van der Waals surface area contributed by atoms with Gasteiger partial charge in [0, 0.05) is 40.9 Å². The van der Waals surface area contributed by atoms with Gasteiger partial charge in [-0.2, -0.15) is 0 Å². The Kier molecular flexibility index (Phi) is 8.06. The van der Waals surface area contributed by atoms with E-state index in [-0.39, 0.29) is 50.7 Å². The standard InChI is InChI=1S/C97H78N4OSi2/c1-68-33-30-34-69(2)95(68)73-55-58-90-92(61-73)99(75-38-32-39-76(64-75)102-77-56-57-86-85-53-28-29-54-89(85)101(91(86)65-77)94-59-70(3)88(66-98-94)71-35-14-7-15-36-71)67-100(90)96-87(72-37-31-52-84(60-72)103(78-40-16-8-17-41-78,79-42-18-9-19-43-79)80-44-20-10-21-45-80)62-74(97(4,5)6)63-93(96)104(81-46-22-11-23-47-81,82-48-24-12-25-49-82)83-50-26-13-27-51-83/h7-66H,1-6H3/i1D3,2D3,3D3,7D,8D,9D,10D,11D,12D,13D,14D,15D,16D,17D,18D,19D,20D,21D,22D,23D,24D,25D,26D,27D,31D,35D,36D,37D,40D,41D,42D,43D,44D,45D,46D,47D,48D,49D,50D,51D,52D,60D. The molecule has 17 rings (SSSR count). The molecule has 0 aliphatic carbocycles. The van der Waals surface area contributed by atoms with Gasteiger partial charge in [0.1, 0.15) is 17.3 Å². The highest BCUT2D eigenvalue weighted by Crippen LogP contribution is 2.39. The lowest BCUT2D eigenvalue weighted by atomic mass is 9.84. The van der Waals surface area contributed by atoms with Gasteiger partial charge in [0.05, 0.1) is 86.9 Å². The molecule has 5 nitrogen and oxygen atoms in total. The van der Waals surface area contributed by atoms with E-state index in [9.17, 15) is 42.5 Å². The Morgan fingerprint density at radius 2 is 0.952 bits per heavy atom. The van der Waals surface area contributed by atoms with Crippen molar-refractivity contribution >= 4 is 90.5 Å². The fourth-order valence-corrected chi connectivity index (χ4v) is 20.9. The van der Waals surface area contributed by atoms with Crippen LogP contribution in [0.5, 0.6) is 11.5 Å². The van der Waals surface area contributed by atoms with Gasteiger partial charge in [-0.1, -0.05) is 323 Å². The van der Waals surface area contributed by atoms with Gasteiger partial charge in [-0.3, -0.25) is 13.7 Å². The lowest BCUT2D eigenvalue weighted by molar-refractivity contribution is -0.570. The van der Waals surface area contributed by atoms with Gasteiger partial charge in [-0.15, -0.1) is 0 Å². The number of hydrogen-bond donors (Lipinski definition) is 0. The Morgan fingerprint density at radius 3 is 1.54 bits per heavy atom. The van der Waals surface area contributed by atoms with E-state index in [1.54, 1.807) is 34.9 Å². The minimum atomic E-state index is -7.00. The quantitative estimate of drug-likeness (QED) is 0.0418. The summed E-state index contributed by atoms with van der Waals surface area (Å²) in [7, 11) is -14.0. The number of fused-ring (bicyclic) bond motifs is 4. The van der Waals surface area contributed by atoms with E-state index in [0.29, 0.717) is 16.3 Å². The first-order valence-corrected chi connectivity index (χ1v) is 36.0. The van der Waals surface area contributed by atoms with E-state index in [0.717, 1.165) is 39.6 Å². The van der Waals surface area contributed by atoms with Gasteiger partial charge in [0.2, 0.25) is 0 Å². The molecule has 0 radical (unpaired) electrons. The number of rotatable bonds is 16. The third-order valence-corrected chi connectivity index (χ3v) is 26.2. The molecule has 0 aliphatic rings. The first-order chi connectivity index (χ1) is 70.7. The molecule has 104 heavy (non-hydrogen) atoms. The summed E-state index contributed by atoms with van der Waals surface area (Å²) in [6.45, 7) is -5.05. The average Bonchev–Trinajstić information content (AvgIpc) is 0.822. The molecule has 7 heteroatoms. The molecule has 0 bridgehead atoms. The normalized spacial score (nSPS) is 18.8. The van der Waals surface area contributed by atoms with Crippen LogP contribution in [-0.4, -0.2) is 30.3 Å². The van der Waals surface area contributed by atoms with Crippen molar-refractivity contribution in [3.8, 4) is 62.1 Å². The van der Waals surface area contributed by atoms with Crippen molar-refractivity contribution in [3.63, 3.8) is 0 Å². The van der Waals surface area contributed by atoms with Crippen LogP contribution in [0.15, 0.2) is 363 Å². The first-order valence-electron chi connectivity index (χ1n) is 56.0. The number of hydrogen-bond acceptors (Lipinski definition) is 2. The second-order valence-corrected chi connectivity index (χ2v) is 31.9. The molecule has 0 saturated carbocycles. The predicted molar refractivity (Wildman–Crippen MR) is 439 cm³/mol. The summed E-state index contributed by atoms with van der Waals surface area (Å²) in [4.78, 5) is 4.70. The van der Waals surface area contributed by atoms with Crippen molar-refractivity contribution in [2.45, 2.75) is 46.7 Å². The van der Waals surface area contributed by atoms with E-state index in [4.69, 9.17) is 33.0 Å². The molecule has 0 N–H and O–H groups in total. The van der Waals surface area contributed by atoms with Crippen molar-refractivity contribution in [1.29, 1.82) is 0 Å². The molecule has 3 heterocycles. The second-order valence-electron chi connectivity index (χ2n) is 24.8. The number of aromatic nitrogens is 4. The average molecular weight is 1420 g/mol. The Balaban J connectivity index is 1.12. The third kappa shape index (κ3) is 11.3. The number of imidazole rings is 1. The maximum atomic E-state index is 11.7. The Morgan fingerprint density at radius 1 is 0.423 bits per heavy atom. The van der Waals surface area contributed by atoms with Crippen LogP contribution in [0.25, 0.3) is 83.4 Å². The van der Waals surface area contributed by atoms with E-state index in [1.807, 2.05) is 0 Å². The number of benzene rings is 14. The summed E-state index contributed by atoms with van der Waals surface area (Å²) in [5, 5.41) is -8.96. The third-order valence-electron chi connectivity index (χ3n) is 18.0. The van der Waals surface area contributed by atoms with Crippen LogP contribution >= 0.6 is 0 Å². The molecule has 0 amide bonds. The maximum Gasteiger partial charge on any atom is 0.269 e. The molecule has 0 unspecified atom stereocenters. The highest BCUT2D eigenvalue weighted by atomic mass is 28.3. The summed E-state index contributed by atoms with van der Waals surface area (Å²) < 4.78 is 473. The van der Waals surface area contributed by atoms with Crippen molar-refractivity contribution in [2.75, 3.05) is 0 Å². The lowest BCUT2D eigenvalue weighted by Gasteiger charge is -2.38. The predicted octanol–water partition coefficient (Wildman–Crippen LogP) is 18.0. The van der Waals surface area contributed by atoms with E-state index in [1.165, 1.54) is 87.5 Å². The van der Waals surface area contributed by atoms with Crippen LogP contribution in [-0.2, 0) is 5.41 Å². The number of nitrogens with zero attached hydrogens (tertiary/aromatic N) is 4. The molecule has 0 atom stereocenters. The lowest BCUT2D eigenvalue weighted by Crippen LogP contribution is -2.76. The van der Waals surface area contributed by atoms with Crippen LogP contribution in [0.3, 0.4) is 0 Å². The summed E-state index contributed by atoms with van der Waals surface area (Å²) in [5.74, 6) is -0.240. The van der Waals surface area contributed by atoms with Gasteiger partial charge in [-0.25, -0.2) is 4.98 Å². The fourth-order valence-electron chi connectivity index (χ4n) is 13.3. The van der Waals surface area contributed by atoms with Gasteiger partial charge in [0.15, 0.2) is 16.1 Å². The van der Waals surface area contributed by atoms with Crippen LogP contribution in [0.1, 0.15) is 109 Å². The van der Waals surface area contributed by atoms with Gasteiger partial charge in [0.25, 0.3) is 6.33 Å².